The van der Waals surface area contributed by atoms with E-state index in [1.165, 1.54) is 30.3 Å². The van der Waals surface area contributed by atoms with Crippen molar-refractivity contribution < 1.29 is 30.2 Å². The van der Waals surface area contributed by atoms with Crippen LogP contribution in [0.2, 0.25) is 0 Å². The minimum Gasteiger partial charge on any atom is -0.452 e. The predicted molar refractivity (Wildman–Crippen MR) is 83.5 cm³/mol. The molecule has 0 radical (unpaired) electrons. The van der Waals surface area contributed by atoms with Crippen LogP contribution < -0.4 is 9.61 Å². The van der Waals surface area contributed by atoms with Crippen LogP contribution in [0.25, 0.3) is 22.3 Å². The number of hydrogen-bond donors (Lipinski definition) is 0. The van der Waals surface area contributed by atoms with Gasteiger partial charge >= 0.3 is 15.6 Å². The van der Waals surface area contributed by atoms with Crippen LogP contribution in [0.5, 0.6) is 5.75 Å². The van der Waals surface area contributed by atoms with E-state index in [2.05, 4.69) is 4.18 Å². The number of rotatable bonds is 3. The van der Waals surface area contributed by atoms with E-state index in [1.54, 1.807) is 24.3 Å². The van der Waals surface area contributed by atoms with Gasteiger partial charge in [0, 0.05) is 5.56 Å². The molecule has 130 valence electrons. The van der Waals surface area contributed by atoms with Crippen LogP contribution in [-0.4, -0.2) is 13.9 Å². The zero-order valence-corrected chi connectivity index (χ0v) is 13.1. The van der Waals surface area contributed by atoms with E-state index in [1.807, 2.05) is 0 Å². The van der Waals surface area contributed by atoms with Gasteiger partial charge in [0.05, 0.1) is 5.39 Å². The van der Waals surface area contributed by atoms with E-state index < -0.39 is 32.6 Å². The summed E-state index contributed by atoms with van der Waals surface area (Å²) in [5, 5.41) is -0.102. The third-order valence-corrected chi connectivity index (χ3v) is 4.22. The van der Waals surface area contributed by atoms with Crippen molar-refractivity contribution in [2.75, 3.05) is 0 Å². The molecule has 0 amide bonds. The molecule has 1 heterocycles. The minimum absolute atomic E-state index is 0.0862. The van der Waals surface area contributed by atoms with Crippen molar-refractivity contribution in [3.8, 4) is 17.1 Å². The fraction of sp³-hybridized carbons (Fsp3) is 0.0625. The third-order valence-electron chi connectivity index (χ3n) is 3.27. The largest absolute Gasteiger partial charge is 0.534 e. The number of hydrogen-bond acceptors (Lipinski definition) is 5. The third kappa shape index (κ3) is 3.10. The average molecular weight is 370 g/mol. The number of halogens is 3. The minimum atomic E-state index is -6.03. The Morgan fingerprint density at radius 3 is 2.16 bits per heavy atom. The molecule has 0 N–H and O–H groups in total. The molecule has 0 spiro atoms. The highest BCUT2D eigenvalue weighted by atomic mass is 32.2. The van der Waals surface area contributed by atoms with Crippen LogP contribution in [0.15, 0.2) is 63.8 Å². The first-order valence-corrected chi connectivity index (χ1v) is 8.23. The molecule has 25 heavy (non-hydrogen) atoms. The molecular formula is C16H9F3O5S. The van der Waals surface area contributed by atoms with Crippen LogP contribution >= 0.6 is 0 Å². The Morgan fingerprint density at radius 2 is 1.52 bits per heavy atom. The van der Waals surface area contributed by atoms with Crippen molar-refractivity contribution in [2.45, 2.75) is 5.51 Å². The van der Waals surface area contributed by atoms with Gasteiger partial charge in [-0.25, -0.2) is 0 Å². The standard InChI is InChI=1S/C16H9F3O5S/c17-16(18,19)25(21,22)24-15-13(20)11-8-4-5-9-12(11)23-14(15)10-6-2-1-3-7-10/h1-9H. The molecular weight excluding hydrogens is 361 g/mol. The maximum absolute atomic E-state index is 12.7. The second kappa shape index (κ2) is 5.92. The highest BCUT2D eigenvalue weighted by Crippen LogP contribution is 2.34. The Hall–Kier alpha value is -2.81. The summed E-state index contributed by atoms with van der Waals surface area (Å²) in [7, 11) is -6.03. The van der Waals surface area contributed by atoms with Crippen molar-refractivity contribution in [3.63, 3.8) is 0 Å². The maximum atomic E-state index is 12.7. The molecule has 3 aromatic rings. The summed E-state index contributed by atoms with van der Waals surface area (Å²) in [5.41, 5.74) is -6.42. The van der Waals surface area contributed by atoms with Gasteiger partial charge in [0.25, 0.3) is 0 Å². The summed E-state index contributed by atoms with van der Waals surface area (Å²) >= 11 is 0. The van der Waals surface area contributed by atoms with Gasteiger partial charge < -0.3 is 8.60 Å². The van der Waals surface area contributed by atoms with Gasteiger partial charge in [-0.3, -0.25) is 4.79 Å². The first-order chi connectivity index (χ1) is 11.7. The van der Waals surface area contributed by atoms with Gasteiger partial charge in [0.1, 0.15) is 5.58 Å². The molecule has 3 rings (SSSR count). The first-order valence-electron chi connectivity index (χ1n) is 6.83. The molecule has 0 saturated heterocycles. The quantitative estimate of drug-likeness (QED) is 0.519. The van der Waals surface area contributed by atoms with Gasteiger partial charge in [-0.05, 0) is 12.1 Å². The van der Waals surface area contributed by atoms with E-state index in [0.717, 1.165) is 0 Å². The van der Waals surface area contributed by atoms with E-state index >= 15 is 0 Å². The summed E-state index contributed by atoms with van der Waals surface area (Å²) in [6.07, 6.45) is 0. The molecule has 0 saturated carbocycles. The lowest BCUT2D eigenvalue weighted by Gasteiger charge is -2.12. The van der Waals surface area contributed by atoms with Gasteiger partial charge in [0.2, 0.25) is 11.2 Å². The molecule has 5 nitrogen and oxygen atoms in total. The van der Waals surface area contributed by atoms with E-state index in [0.29, 0.717) is 0 Å². The molecule has 0 aliphatic rings. The summed E-state index contributed by atoms with van der Waals surface area (Å²) < 4.78 is 70.3. The lowest BCUT2D eigenvalue weighted by atomic mass is 10.1. The average Bonchev–Trinajstić information content (AvgIpc) is 2.57. The van der Waals surface area contributed by atoms with Gasteiger partial charge in [-0.2, -0.15) is 21.6 Å². The van der Waals surface area contributed by atoms with Crippen molar-refractivity contribution in [2.24, 2.45) is 0 Å². The van der Waals surface area contributed by atoms with Crippen molar-refractivity contribution in [1.29, 1.82) is 0 Å². The molecule has 9 heteroatoms. The number of benzene rings is 2. The number of alkyl halides is 3. The van der Waals surface area contributed by atoms with Crippen LogP contribution in [0.4, 0.5) is 13.2 Å². The Balaban J connectivity index is 2.32. The molecule has 0 bridgehead atoms. The maximum Gasteiger partial charge on any atom is 0.534 e. The van der Waals surface area contributed by atoms with Crippen molar-refractivity contribution in [1.82, 2.24) is 0 Å². The van der Waals surface area contributed by atoms with Crippen molar-refractivity contribution >= 4 is 21.1 Å². The van der Waals surface area contributed by atoms with E-state index in [4.69, 9.17) is 4.42 Å². The SMILES string of the molecule is O=c1c(OS(=O)(=O)C(F)(F)F)c(-c2ccccc2)oc2ccccc12. The fourth-order valence-electron chi connectivity index (χ4n) is 2.14. The highest BCUT2D eigenvalue weighted by Gasteiger charge is 2.49. The van der Waals surface area contributed by atoms with Crippen molar-refractivity contribution in [3.05, 3.63) is 64.8 Å². The first kappa shape index (κ1) is 17.0. The molecule has 0 unspecified atom stereocenters. The van der Waals surface area contributed by atoms with E-state index in [9.17, 15) is 26.4 Å². The zero-order valence-electron chi connectivity index (χ0n) is 12.3. The molecule has 1 aromatic heterocycles. The summed E-state index contributed by atoms with van der Waals surface area (Å²) in [5.74, 6) is -1.45. The van der Waals surface area contributed by atoms with E-state index in [-0.39, 0.29) is 16.5 Å². The van der Waals surface area contributed by atoms with Crippen LogP contribution in [0, 0.1) is 0 Å². The summed E-state index contributed by atoms with van der Waals surface area (Å²) in [4.78, 5) is 12.5. The van der Waals surface area contributed by atoms with Gasteiger partial charge in [0.15, 0.2) is 5.76 Å². The Labute approximate surface area is 139 Å². The van der Waals surface area contributed by atoms with Gasteiger partial charge in [-0.1, -0.05) is 42.5 Å². The summed E-state index contributed by atoms with van der Waals surface area (Å²) in [6.45, 7) is 0. The topological polar surface area (TPSA) is 73.6 Å². The van der Waals surface area contributed by atoms with Crippen LogP contribution in [-0.2, 0) is 10.1 Å². The molecule has 0 aliphatic carbocycles. The predicted octanol–water partition coefficient (Wildman–Crippen LogP) is 3.69. The second-order valence-corrected chi connectivity index (χ2v) is 6.47. The normalized spacial score (nSPS) is 12.3. The smallest absolute Gasteiger partial charge is 0.452 e. The van der Waals surface area contributed by atoms with Crippen LogP contribution in [0.1, 0.15) is 0 Å². The molecule has 0 atom stereocenters. The Bertz CT molecular complexity index is 1090. The Kier molecular flexibility index (Phi) is 4.03. The molecule has 0 aliphatic heterocycles. The second-order valence-electron chi connectivity index (χ2n) is 4.93. The zero-order chi connectivity index (χ0) is 18.2. The summed E-state index contributed by atoms with van der Waals surface area (Å²) in [6, 6.07) is 13.4. The lowest BCUT2D eigenvalue weighted by molar-refractivity contribution is -0.0500. The Morgan fingerprint density at radius 1 is 0.920 bits per heavy atom. The molecule has 2 aromatic carbocycles. The van der Waals surface area contributed by atoms with Gasteiger partial charge in [-0.15, -0.1) is 0 Å². The monoisotopic (exact) mass is 370 g/mol. The number of fused-ring (bicyclic) bond motifs is 1. The number of para-hydroxylation sites is 1. The van der Waals surface area contributed by atoms with Crippen LogP contribution in [0.3, 0.4) is 0 Å². The highest BCUT2D eigenvalue weighted by molar-refractivity contribution is 7.88. The molecule has 0 fully saturated rings. The lowest BCUT2D eigenvalue weighted by Crippen LogP contribution is -2.30. The fourth-order valence-corrected chi connectivity index (χ4v) is 2.60.